The van der Waals surface area contributed by atoms with Crippen LogP contribution in [0.4, 0.5) is 0 Å². The average molecular weight is 269 g/mol. The predicted octanol–water partition coefficient (Wildman–Crippen LogP) is 4.18. The molecule has 1 N–H and O–H groups in total. The van der Waals surface area contributed by atoms with Crippen LogP contribution in [0.3, 0.4) is 0 Å². The molecule has 1 nitrogen and oxygen atoms in total. The van der Waals surface area contributed by atoms with E-state index in [1.165, 1.54) is 38.0 Å². The summed E-state index contributed by atoms with van der Waals surface area (Å²) in [7, 11) is 0. The highest BCUT2D eigenvalue weighted by Gasteiger charge is 2.40. The van der Waals surface area contributed by atoms with E-state index in [1.807, 2.05) is 11.8 Å². The van der Waals surface area contributed by atoms with Crippen molar-refractivity contribution in [2.75, 3.05) is 18.6 Å². The highest BCUT2D eigenvalue weighted by molar-refractivity contribution is 7.98. The Kier molecular flexibility index (Phi) is 5.88. The highest BCUT2D eigenvalue weighted by Crippen LogP contribution is 2.50. The van der Waals surface area contributed by atoms with Gasteiger partial charge in [-0.3, -0.25) is 0 Å². The molecule has 0 aromatic rings. The van der Waals surface area contributed by atoms with Gasteiger partial charge in [-0.15, -0.1) is 0 Å². The van der Waals surface area contributed by atoms with Crippen LogP contribution in [0.5, 0.6) is 0 Å². The van der Waals surface area contributed by atoms with E-state index in [0.29, 0.717) is 0 Å². The lowest BCUT2D eigenvalue weighted by molar-refractivity contribution is 0.251. The second-order valence-electron chi connectivity index (χ2n) is 6.66. The van der Waals surface area contributed by atoms with E-state index >= 15 is 0 Å². The SMILES string of the molecule is CCCNC(CC1CC2CCC1C2)C(C)CSC. The quantitative estimate of drug-likeness (QED) is 0.709. The molecule has 2 heteroatoms. The molecule has 0 radical (unpaired) electrons. The lowest BCUT2D eigenvalue weighted by atomic mass is 9.82. The van der Waals surface area contributed by atoms with Gasteiger partial charge in [0, 0.05) is 6.04 Å². The van der Waals surface area contributed by atoms with Crippen molar-refractivity contribution in [2.24, 2.45) is 23.7 Å². The summed E-state index contributed by atoms with van der Waals surface area (Å²) in [6.45, 7) is 5.92. The van der Waals surface area contributed by atoms with E-state index in [9.17, 15) is 0 Å². The van der Waals surface area contributed by atoms with Gasteiger partial charge in [0.1, 0.15) is 0 Å². The second-order valence-corrected chi connectivity index (χ2v) is 7.57. The van der Waals surface area contributed by atoms with E-state index in [0.717, 1.165) is 29.7 Å². The summed E-state index contributed by atoms with van der Waals surface area (Å²) in [5.74, 6) is 5.36. The van der Waals surface area contributed by atoms with E-state index in [2.05, 4.69) is 25.4 Å². The molecule has 5 atom stereocenters. The van der Waals surface area contributed by atoms with Crippen LogP contribution in [-0.4, -0.2) is 24.6 Å². The van der Waals surface area contributed by atoms with E-state index in [1.54, 1.807) is 12.8 Å². The molecular weight excluding hydrogens is 238 g/mol. The maximum Gasteiger partial charge on any atom is 0.0103 e. The van der Waals surface area contributed by atoms with Crippen LogP contribution in [0.2, 0.25) is 0 Å². The third kappa shape index (κ3) is 3.66. The first kappa shape index (κ1) is 14.7. The fraction of sp³-hybridized carbons (Fsp3) is 1.00. The minimum Gasteiger partial charge on any atom is -0.314 e. The Morgan fingerprint density at radius 1 is 1.28 bits per heavy atom. The lowest BCUT2D eigenvalue weighted by Crippen LogP contribution is -2.39. The van der Waals surface area contributed by atoms with Gasteiger partial charge in [0.05, 0.1) is 0 Å². The first-order valence-electron chi connectivity index (χ1n) is 7.96. The Morgan fingerprint density at radius 3 is 2.67 bits per heavy atom. The molecule has 0 aromatic heterocycles. The van der Waals surface area contributed by atoms with Crippen LogP contribution in [0.25, 0.3) is 0 Å². The molecule has 2 rings (SSSR count). The van der Waals surface area contributed by atoms with Gasteiger partial charge >= 0.3 is 0 Å². The molecule has 0 amide bonds. The summed E-state index contributed by atoms with van der Waals surface area (Å²) in [4.78, 5) is 0. The van der Waals surface area contributed by atoms with Crippen molar-refractivity contribution < 1.29 is 0 Å². The van der Waals surface area contributed by atoms with E-state index < -0.39 is 0 Å². The monoisotopic (exact) mass is 269 g/mol. The molecule has 2 aliphatic rings. The zero-order valence-corrected chi connectivity index (χ0v) is 13.3. The largest absolute Gasteiger partial charge is 0.314 e. The minimum absolute atomic E-state index is 0.766. The number of nitrogens with one attached hydrogen (secondary N) is 1. The summed E-state index contributed by atoms with van der Waals surface area (Å²) in [6.07, 6.45) is 11.1. The molecule has 18 heavy (non-hydrogen) atoms. The summed E-state index contributed by atoms with van der Waals surface area (Å²) >= 11 is 2.00. The topological polar surface area (TPSA) is 12.0 Å². The maximum absolute atomic E-state index is 3.83. The van der Waals surface area contributed by atoms with Gasteiger partial charge in [0.25, 0.3) is 0 Å². The third-order valence-electron chi connectivity index (χ3n) is 5.21. The first-order chi connectivity index (χ1) is 8.74. The molecule has 106 valence electrons. The summed E-state index contributed by atoms with van der Waals surface area (Å²) in [5, 5.41) is 3.83. The standard InChI is InChI=1S/C16H31NS/c1-4-7-17-16(12(2)11-18-3)10-15-9-13-5-6-14(15)8-13/h12-17H,4-11H2,1-3H3. The molecule has 0 spiro atoms. The van der Waals surface area contributed by atoms with Crippen molar-refractivity contribution in [3.05, 3.63) is 0 Å². The van der Waals surface area contributed by atoms with Crippen LogP contribution in [0.1, 0.15) is 52.4 Å². The average Bonchev–Trinajstić information content (AvgIpc) is 2.96. The zero-order valence-electron chi connectivity index (χ0n) is 12.5. The van der Waals surface area contributed by atoms with Gasteiger partial charge in [-0.25, -0.2) is 0 Å². The van der Waals surface area contributed by atoms with Crippen molar-refractivity contribution in [1.29, 1.82) is 0 Å². The maximum atomic E-state index is 3.83. The van der Waals surface area contributed by atoms with Crippen molar-refractivity contribution in [1.82, 2.24) is 5.32 Å². The van der Waals surface area contributed by atoms with Crippen molar-refractivity contribution in [2.45, 2.75) is 58.4 Å². The number of fused-ring (bicyclic) bond motifs is 2. The van der Waals surface area contributed by atoms with Crippen LogP contribution in [0.15, 0.2) is 0 Å². The Bertz CT molecular complexity index is 243. The molecule has 5 unspecified atom stereocenters. The van der Waals surface area contributed by atoms with Gasteiger partial charge in [0.2, 0.25) is 0 Å². The van der Waals surface area contributed by atoms with Crippen molar-refractivity contribution in [3.8, 4) is 0 Å². The Hall–Kier alpha value is 0.310. The summed E-state index contributed by atoms with van der Waals surface area (Å²) in [5.41, 5.74) is 0. The molecule has 2 fully saturated rings. The van der Waals surface area contributed by atoms with Gasteiger partial charge in [-0.2, -0.15) is 11.8 Å². The molecular formula is C16H31NS. The minimum atomic E-state index is 0.766. The Labute approximate surface area is 118 Å². The number of hydrogen-bond acceptors (Lipinski definition) is 2. The van der Waals surface area contributed by atoms with Gasteiger partial charge in [0.15, 0.2) is 0 Å². The van der Waals surface area contributed by atoms with Crippen LogP contribution >= 0.6 is 11.8 Å². The first-order valence-corrected chi connectivity index (χ1v) is 9.36. The summed E-state index contributed by atoms with van der Waals surface area (Å²) < 4.78 is 0. The Morgan fingerprint density at radius 2 is 2.11 bits per heavy atom. The lowest BCUT2D eigenvalue weighted by Gasteiger charge is -2.31. The van der Waals surface area contributed by atoms with Gasteiger partial charge < -0.3 is 5.32 Å². The molecule has 2 saturated carbocycles. The van der Waals surface area contributed by atoms with Crippen molar-refractivity contribution in [3.63, 3.8) is 0 Å². The van der Waals surface area contributed by atoms with Crippen LogP contribution < -0.4 is 5.32 Å². The summed E-state index contributed by atoms with van der Waals surface area (Å²) in [6, 6.07) is 0.766. The van der Waals surface area contributed by atoms with Gasteiger partial charge in [-0.05, 0) is 74.3 Å². The molecule has 2 bridgehead atoms. The zero-order chi connectivity index (χ0) is 13.0. The number of hydrogen-bond donors (Lipinski definition) is 1. The number of thioether (sulfide) groups is 1. The predicted molar refractivity (Wildman–Crippen MR) is 83.2 cm³/mol. The Balaban J connectivity index is 1.83. The molecule has 0 aromatic carbocycles. The van der Waals surface area contributed by atoms with Crippen molar-refractivity contribution >= 4 is 11.8 Å². The molecule has 2 aliphatic carbocycles. The molecule has 0 saturated heterocycles. The molecule has 0 aliphatic heterocycles. The molecule has 0 heterocycles. The van der Waals surface area contributed by atoms with E-state index in [4.69, 9.17) is 0 Å². The normalized spacial score (nSPS) is 33.8. The second kappa shape index (κ2) is 7.19. The smallest absolute Gasteiger partial charge is 0.0103 e. The fourth-order valence-electron chi connectivity index (χ4n) is 4.22. The van der Waals surface area contributed by atoms with E-state index in [-0.39, 0.29) is 0 Å². The van der Waals surface area contributed by atoms with Crippen LogP contribution in [-0.2, 0) is 0 Å². The third-order valence-corrected chi connectivity index (χ3v) is 6.07. The van der Waals surface area contributed by atoms with Crippen LogP contribution in [0, 0.1) is 23.7 Å². The fourth-order valence-corrected chi connectivity index (χ4v) is 4.98. The van der Waals surface area contributed by atoms with Gasteiger partial charge in [-0.1, -0.05) is 20.3 Å². The highest BCUT2D eigenvalue weighted by atomic mass is 32.2. The number of rotatable bonds is 8.